The summed E-state index contributed by atoms with van der Waals surface area (Å²) in [5.41, 5.74) is 1.79. The van der Waals surface area contributed by atoms with E-state index in [1.165, 1.54) is 27.0 Å². The fourth-order valence-corrected chi connectivity index (χ4v) is 2.46. The Morgan fingerprint density at radius 1 is 1.25 bits per heavy atom. The van der Waals surface area contributed by atoms with Crippen molar-refractivity contribution in [1.29, 1.82) is 0 Å². The van der Waals surface area contributed by atoms with Gasteiger partial charge in [0.1, 0.15) is 5.75 Å². The summed E-state index contributed by atoms with van der Waals surface area (Å²) < 4.78 is 8.14. The smallest absolute Gasteiger partial charge is 0.330 e. The summed E-state index contributed by atoms with van der Waals surface area (Å²) in [7, 11) is 1.64. The molecule has 0 saturated heterocycles. The molecule has 5 nitrogen and oxygen atoms in total. The summed E-state index contributed by atoms with van der Waals surface area (Å²) in [4.78, 5) is 23.6. The maximum absolute atomic E-state index is 11.9. The van der Waals surface area contributed by atoms with E-state index in [9.17, 15) is 9.59 Å². The molecule has 1 aromatic heterocycles. The molecule has 5 heteroatoms. The van der Waals surface area contributed by atoms with Gasteiger partial charge in [0.15, 0.2) is 0 Å². The minimum absolute atomic E-state index is 0.252. The summed E-state index contributed by atoms with van der Waals surface area (Å²) in [6.45, 7) is 1.13. The van der Waals surface area contributed by atoms with Gasteiger partial charge in [0.05, 0.1) is 6.61 Å². The Labute approximate surface area is 116 Å². The molecule has 0 N–H and O–H groups in total. The summed E-state index contributed by atoms with van der Waals surface area (Å²) in [5, 5.41) is 0. The average molecular weight is 272 g/mol. The summed E-state index contributed by atoms with van der Waals surface area (Å²) in [6, 6.07) is 7.46. The first-order valence-corrected chi connectivity index (χ1v) is 6.66. The third-order valence-corrected chi connectivity index (χ3v) is 3.62. The number of ether oxygens (including phenoxy) is 1. The number of aromatic nitrogens is 2. The normalized spacial score (nSPS) is 13.1. The molecule has 1 aliphatic rings. The van der Waals surface area contributed by atoms with Gasteiger partial charge in [-0.25, -0.2) is 4.79 Å². The molecule has 0 unspecified atom stereocenters. The van der Waals surface area contributed by atoms with Crippen LogP contribution in [0.25, 0.3) is 0 Å². The van der Waals surface area contributed by atoms with Gasteiger partial charge in [-0.2, -0.15) is 0 Å². The highest BCUT2D eigenvalue weighted by Crippen LogP contribution is 2.25. The fourth-order valence-electron chi connectivity index (χ4n) is 2.46. The van der Waals surface area contributed by atoms with Crippen LogP contribution in [0.2, 0.25) is 0 Å². The summed E-state index contributed by atoms with van der Waals surface area (Å²) >= 11 is 0. The number of rotatable bonds is 3. The van der Waals surface area contributed by atoms with Crippen molar-refractivity contribution < 1.29 is 4.74 Å². The molecule has 104 valence electrons. The molecule has 0 fully saturated rings. The fraction of sp³-hybridized carbons (Fsp3) is 0.333. The number of benzene rings is 1. The van der Waals surface area contributed by atoms with Crippen molar-refractivity contribution in [3.8, 4) is 5.75 Å². The van der Waals surface area contributed by atoms with Gasteiger partial charge in [-0.15, -0.1) is 0 Å². The Balaban J connectivity index is 1.82. The lowest BCUT2D eigenvalue weighted by atomic mass is 10.1. The number of hydrogen-bond acceptors (Lipinski definition) is 3. The van der Waals surface area contributed by atoms with Gasteiger partial charge in [0, 0.05) is 32.3 Å². The van der Waals surface area contributed by atoms with E-state index in [-0.39, 0.29) is 11.2 Å². The van der Waals surface area contributed by atoms with E-state index in [2.05, 4.69) is 6.07 Å². The van der Waals surface area contributed by atoms with Crippen molar-refractivity contribution in [1.82, 2.24) is 9.13 Å². The first-order chi connectivity index (χ1) is 9.65. The minimum Gasteiger partial charge on any atom is -0.493 e. The SMILES string of the molecule is Cn1ccc(=O)n(CCc2ccc3c(c2)CCO3)c1=O. The van der Waals surface area contributed by atoms with Crippen molar-refractivity contribution in [3.05, 3.63) is 62.4 Å². The molecular formula is C15H16N2O3. The third kappa shape index (κ3) is 2.27. The van der Waals surface area contributed by atoms with E-state index < -0.39 is 0 Å². The lowest BCUT2D eigenvalue weighted by Gasteiger charge is -2.07. The van der Waals surface area contributed by atoms with Gasteiger partial charge in [0.2, 0.25) is 0 Å². The summed E-state index contributed by atoms with van der Waals surface area (Å²) in [6.07, 6.45) is 3.08. The van der Waals surface area contributed by atoms with Gasteiger partial charge in [-0.1, -0.05) is 12.1 Å². The van der Waals surface area contributed by atoms with Crippen LogP contribution in [0.4, 0.5) is 0 Å². The molecule has 2 heterocycles. The molecule has 0 aliphatic carbocycles. The molecule has 0 spiro atoms. The van der Waals surface area contributed by atoms with E-state index in [0.29, 0.717) is 13.0 Å². The molecule has 0 amide bonds. The van der Waals surface area contributed by atoms with E-state index in [1.807, 2.05) is 12.1 Å². The lowest BCUT2D eigenvalue weighted by Crippen LogP contribution is -2.38. The maximum atomic E-state index is 11.9. The van der Waals surface area contributed by atoms with E-state index in [1.54, 1.807) is 7.05 Å². The molecule has 0 bridgehead atoms. The Morgan fingerprint density at radius 2 is 2.10 bits per heavy atom. The molecule has 0 saturated carbocycles. The van der Waals surface area contributed by atoms with Gasteiger partial charge in [-0.3, -0.25) is 9.36 Å². The molecule has 1 aromatic carbocycles. The second kappa shape index (κ2) is 5.00. The van der Waals surface area contributed by atoms with Gasteiger partial charge in [-0.05, 0) is 23.6 Å². The Hall–Kier alpha value is -2.30. The number of fused-ring (bicyclic) bond motifs is 1. The largest absolute Gasteiger partial charge is 0.493 e. The van der Waals surface area contributed by atoms with Crippen LogP contribution in [0.5, 0.6) is 5.75 Å². The van der Waals surface area contributed by atoms with Crippen LogP contribution in [0.3, 0.4) is 0 Å². The zero-order valence-corrected chi connectivity index (χ0v) is 11.3. The second-order valence-electron chi connectivity index (χ2n) is 4.99. The van der Waals surface area contributed by atoms with Crippen LogP contribution in [0.1, 0.15) is 11.1 Å². The minimum atomic E-state index is -0.276. The predicted octanol–water partition coefficient (Wildman–Crippen LogP) is 0.725. The predicted molar refractivity (Wildman–Crippen MR) is 75.3 cm³/mol. The van der Waals surface area contributed by atoms with Crippen LogP contribution in [-0.4, -0.2) is 15.7 Å². The third-order valence-electron chi connectivity index (χ3n) is 3.62. The first-order valence-electron chi connectivity index (χ1n) is 6.66. The van der Waals surface area contributed by atoms with Gasteiger partial charge < -0.3 is 9.30 Å². The Morgan fingerprint density at radius 3 is 2.95 bits per heavy atom. The van der Waals surface area contributed by atoms with Crippen LogP contribution in [-0.2, 0) is 26.4 Å². The number of aryl methyl sites for hydroxylation is 2. The lowest BCUT2D eigenvalue weighted by molar-refractivity contribution is 0.357. The highest BCUT2D eigenvalue weighted by Gasteiger charge is 2.12. The van der Waals surface area contributed by atoms with Crippen LogP contribution in [0.15, 0.2) is 40.1 Å². The molecule has 0 radical (unpaired) electrons. The Kier molecular flexibility index (Phi) is 3.18. The quantitative estimate of drug-likeness (QED) is 0.827. The number of hydrogen-bond donors (Lipinski definition) is 0. The van der Waals surface area contributed by atoms with Crippen molar-refractivity contribution in [2.75, 3.05) is 6.61 Å². The topological polar surface area (TPSA) is 53.2 Å². The first kappa shape index (κ1) is 12.7. The van der Waals surface area contributed by atoms with Crippen LogP contribution < -0.4 is 16.0 Å². The zero-order chi connectivity index (χ0) is 14.1. The van der Waals surface area contributed by atoms with Crippen LogP contribution in [0, 0.1) is 0 Å². The monoisotopic (exact) mass is 272 g/mol. The highest BCUT2D eigenvalue weighted by atomic mass is 16.5. The highest BCUT2D eigenvalue weighted by molar-refractivity contribution is 5.39. The van der Waals surface area contributed by atoms with E-state index >= 15 is 0 Å². The van der Waals surface area contributed by atoms with Gasteiger partial charge in [0.25, 0.3) is 5.56 Å². The molecule has 3 rings (SSSR count). The molecule has 1 aliphatic heterocycles. The van der Waals surface area contributed by atoms with E-state index in [4.69, 9.17) is 4.74 Å². The van der Waals surface area contributed by atoms with Crippen molar-refractivity contribution in [3.63, 3.8) is 0 Å². The summed E-state index contributed by atoms with van der Waals surface area (Å²) in [5.74, 6) is 0.946. The van der Waals surface area contributed by atoms with E-state index in [0.717, 1.165) is 24.3 Å². The average Bonchev–Trinajstić information content (AvgIpc) is 2.90. The van der Waals surface area contributed by atoms with Crippen molar-refractivity contribution >= 4 is 0 Å². The second-order valence-corrected chi connectivity index (χ2v) is 4.99. The van der Waals surface area contributed by atoms with Gasteiger partial charge >= 0.3 is 5.69 Å². The van der Waals surface area contributed by atoms with Crippen LogP contribution >= 0.6 is 0 Å². The molecule has 0 atom stereocenters. The zero-order valence-electron chi connectivity index (χ0n) is 11.3. The van der Waals surface area contributed by atoms with Crippen molar-refractivity contribution in [2.24, 2.45) is 7.05 Å². The Bertz CT molecular complexity index is 758. The standard InChI is InChI=1S/C15H16N2O3/c1-16-7-5-14(18)17(15(16)19)8-4-11-2-3-13-12(10-11)6-9-20-13/h2-3,5,7,10H,4,6,8-9H2,1H3. The maximum Gasteiger partial charge on any atom is 0.330 e. The molecule has 2 aromatic rings. The molecule has 20 heavy (non-hydrogen) atoms. The molecular weight excluding hydrogens is 256 g/mol. The number of nitrogens with zero attached hydrogens (tertiary/aromatic N) is 2. The van der Waals surface area contributed by atoms with Crippen molar-refractivity contribution in [2.45, 2.75) is 19.4 Å².